The number of rotatable bonds is 4. The summed E-state index contributed by atoms with van der Waals surface area (Å²) < 4.78 is 31.4. The van der Waals surface area contributed by atoms with Crippen molar-refractivity contribution in [3.8, 4) is 11.5 Å². The summed E-state index contributed by atoms with van der Waals surface area (Å²) in [6, 6.07) is 3.56. The number of pyridine rings is 1. The number of hydrogen-bond donors (Lipinski definition) is 0. The molecule has 6 nitrogen and oxygen atoms in total. The van der Waals surface area contributed by atoms with Crippen LogP contribution in [0.2, 0.25) is 0 Å². The second-order valence-corrected chi connectivity index (χ2v) is 5.61. The van der Waals surface area contributed by atoms with Crippen molar-refractivity contribution in [1.82, 2.24) is 19.7 Å². The molecule has 0 radical (unpaired) electrons. The van der Waals surface area contributed by atoms with E-state index >= 15 is 0 Å². The van der Waals surface area contributed by atoms with E-state index in [0.29, 0.717) is 11.6 Å². The molecule has 3 rings (SSSR count). The molecule has 0 bridgehead atoms. The first-order valence-corrected chi connectivity index (χ1v) is 7.04. The summed E-state index contributed by atoms with van der Waals surface area (Å²) in [6.07, 6.45) is -1.18. The Kier molecular flexibility index (Phi) is 3.78. The maximum Gasteiger partial charge on any atom is 0.314 e. The molecule has 1 saturated heterocycles. The Morgan fingerprint density at radius 2 is 2.05 bits per heavy atom. The van der Waals surface area contributed by atoms with Crippen LogP contribution in [0.25, 0.3) is 11.5 Å². The van der Waals surface area contributed by atoms with Gasteiger partial charge in [0.25, 0.3) is 11.4 Å². The van der Waals surface area contributed by atoms with Gasteiger partial charge in [0.15, 0.2) is 0 Å². The van der Waals surface area contributed by atoms with Crippen molar-refractivity contribution in [1.29, 1.82) is 0 Å². The van der Waals surface area contributed by atoms with Gasteiger partial charge in [0.05, 0.1) is 6.04 Å². The first kappa shape index (κ1) is 14.8. The fraction of sp³-hybridized carbons (Fsp3) is 0.500. The molecule has 0 unspecified atom stereocenters. The van der Waals surface area contributed by atoms with Gasteiger partial charge in [-0.15, -0.1) is 10.2 Å². The van der Waals surface area contributed by atoms with Gasteiger partial charge in [-0.05, 0) is 19.9 Å². The molecule has 1 aliphatic heterocycles. The number of likely N-dealkylation sites (tertiary alicyclic amines) is 1. The number of halogens is 2. The van der Waals surface area contributed by atoms with Gasteiger partial charge < -0.3 is 8.98 Å². The summed E-state index contributed by atoms with van der Waals surface area (Å²) in [5.41, 5.74) is 0.142. The van der Waals surface area contributed by atoms with Gasteiger partial charge in [0.2, 0.25) is 5.89 Å². The van der Waals surface area contributed by atoms with E-state index in [4.69, 9.17) is 4.42 Å². The van der Waals surface area contributed by atoms with Crippen LogP contribution in [-0.2, 0) is 0 Å². The van der Waals surface area contributed by atoms with Crippen LogP contribution in [0.5, 0.6) is 0 Å². The summed E-state index contributed by atoms with van der Waals surface area (Å²) in [6.45, 7) is 5.87. The van der Waals surface area contributed by atoms with Crippen LogP contribution >= 0.6 is 0 Å². The molecule has 0 amide bonds. The van der Waals surface area contributed by atoms with Crippen molar-refractivity contribution < 1.29 is 13.2 Å². The van der Waals surface area contributed by atoms with Gasteiger partial charge in [0.1, 0.15) is 0 Å². The van der Waals surface area contributed by atoms with E-state index in [1.54, 1.807) is 16.8 Å². The quantitative estimate of drug-likeness (QED) is 0.865. The Morgan fingerprint density at radius 3 is 2.59 bits per heavy atom. The van der Waals surface area contributed by atoms with Crippen LogP contribution in [0, 0.1) is 0 Å². The zero-order chi connectivity index (χ0) is 15.9. The fourth-order valence-electron chi connectivity index (χ4n) is 2.45. The van der Waals surface area contributed by atoms with Crippen LogP contribution in [0.1, 0.15) is 32.2 Å². The van der Waals surface area contributed by atoms with Crippen molar-refractivity contribution >= 4 is 0 Å². The number of hydrogen-bond acceptors (Lipinski definition) is 5. The minimum atomic E-state index is -2.82. The molecule has 22 heavy (non-hydrogen) atoms. The van der Waals surface area contributed by atoms with Crippen LogP contribution in [0.4, 0.5) is 8.78 Å². The molecule has 0 aromatic carbocycles. The molecule has 0 aliphatic carbocycles. The molecule has 1 fully saturated rings. The molecule has 0 spiro atoms. The number of aromatic nitrogens is 3. The van der Waals surface area contributed by atoms with Crippen LogP contribution in [-0.4, -0.2) is 38.8 Å². The van der Waals surface area contributed by atoms with Crippen LogP contribution < -0.4 is 5.56 Å². The van der Waals surface area contributed by atoms with Crippen molar-refractivity contribution in [2.45, 2.75) is 32.4 Å². The van der Waals surface area contributed by atoms with Gasteiger partial charge in [-0.2, -0.15) is 8.78 Å². The maximum atomic E-state index is 12.4. The van der Waals surface area contributed by atoms with E-state index in [2.05, 4.69) is 28.9 Å². The smallest absolute Gasteiger partial charge is 0.314 e. The molecule has 2 aromatic heterocycles. The molecular weight excluding hydrogens is 294 g/mol. The lowest BCUT2D eigenvalue weighted by atomic mass is 10.1. The molecular formula is C14H16F2N4O2. The highest BCUT2D eigenvalue weighted by molar-refractivity contribution is 5.51. The van der Waals surface area contributed by atoms with E-state index < -0.39 is 12.3 Å². The van der Waals surface area contributed by atoms with Crippen LogP contribution in [0.15, 0.2) is 27.5 Å². The molecule has 118 valence electrons. The lowest BCUT2D eigenvalue weighted by molar-refractivity contribution is 0.0724. The third-order valence-electron chi connectivity index (χ3n) is 3.84. The number of alkyl halides is 2. The summed E-state index contributed by atoms with van der Waals surface area (Å²) in [5, 5.41) is 6.79. The summed E-state index contributed by atoms with van der Waals surface area (Å²) >= 11 is 0. The molecule has 0 atom stereocenters. The first-order chi connectivity index (χ1) is 10.5. The van der Waals surface area contributed by atoms with Gasteiger partial charge >= 0.3 is 6.43 Å². The van der Waals surface area contributed by atoms with E-state index in [0.717, 1.165) is 13.1 Å². The predicted octanol–water partition coefficient (Wildman–Crippen LogP) is 2.10. The SMILES string of the molecule is CC(C)N1CC(n2ccc(-c3nnc(C(F)F)o3)cc2=O)C1. The summed E-state index contributed by atoms with van der Waals surface area (Å²) in [4.78, 5) is 14.4. The van der Waals surface area contributed by atoms with Crippen molar-refractivity contribution in [3.05, 3.63) is 34.6 Å². The average molecular weight is 310 g/mol. The van der Waals surface area contributed by atoms with Crippen molar-refractivity contribution in [2.24, 2.45) is 0 Å². The van der Waals surface area contributed by atoms with Gasteiger partial charge in [-0.3, -0.25) is 9.69 Å². The third-order valence-corrected chi connectivity index (χ3v) is 3.84. The van der Waals surface area contributed by atoms with Gasteiger partial charge in [-0.1, -0.05) is 0 Å². The molecule has 1 aliphatic rings. The summed E-state index contributed by atoms with van der Waals surface area (Å²) in [5.74, 6) is -0.817. The minimum Gasteiger partial charge on any atom is -0.415 e. The Morgan fingerprint density at radius 1 is 1.32 bits per heavy atom. The molecule has 8 heteroatoms. The number of nitrogens with zero attached hydrogens (tertiary/aromatic N) is 4. The highest BCUT2D eigenvalue weighted by Crippen LogP contribution is 2.24. The average Bonchev–Trinajstić information content (AvgIpc) is 2.88. The van der Waals surface area contributed by atoms with E-state index in [9.17, 15) is 13.6 Å². The van der Waals surface area contributed by atoms with E-state index in [1.165, 1.54) is 6.07 Å². The zero-order valence-corrected chi connectivity index (χ0v) is 12.2. The minimum absolute atomic E-state index is 0.0723. The normalized spacial score (nSPS) is 16.5. The molecule has 2 aromatic rings. The van der Waals surface area contributed by atoms with E-state index in [-0.39, 0.29) is 17.5 Å². The lowest BCUT2D eigenvalue weighted by Crippen LogP contribution is -2.52. The molecule has 3 heterocycles. The largest absolute Gasteiger partial charge is 0.415 e. The van der Waals surface area contributed by atoms with Crippen LogP contribution in [0.3, 0.4) is 0 Å². The maximum absolute atomic E-state index is 12.4. The highest BCUT2D eigenvalue weighted by atomic mass is 19.3. The Bertz CT molecular complexity index is 720. The second kappa shape index (κ2) is 5.60. The van der Waals surface area contributed by atoms with Gasteiger partial charge in [-0.25, -0.2) is 0 Å². The monoisotopic (exact) mass is 310 g/mol. The standard InChI is InChI=1S/C14H16F2N4O2/c1-8(2)19-6-10(7-19)20-4-3-9(5-11(20)21)13-17-18-14(22-13)12(15)16/h3-5,8,10,12H,6-7H2,1-2H3. The first-order valence-electron chi connectivity index (χ1n) is 7.04. The lowest BCUT2D eigenvalue weighted by Gasteiger charge is -2.42. The second-order valence-electron chi connectivity index (χ2n) is 5.61. The van der Waals surface area contributed by atoms with Crippen molar-refractivity contribution in [3.63, 3.8) is 0 Å². The molecule has 0 N–H and O–H groups in total. The van der Waals surface area contributed by atoms with Crippen molar-refractivity contribution in [2.75, 3.05) is 13.1 Å². The highest BCUT2D eigenvalue weighted by Gasteiger charge is 2.30. The summed E-state index contributed by atoms with van der Waals surface area (Å²) in [7, 11) is 0. The Balaban J connectivity index is 1.79. The zero-order valence-electron chi connectivity index (χ0n) is 12.2. The molecule has 0 saturated carbocycles. The Labute approximate surface area is 125 Å². The van der Waals surface area contributed by atoms with E-state index in [1.807, 2.05) is 0 Å². The Hall–Kier alpha value is -2.09. The third kappa shape index (κ3) is 2.66. The van der Waals surface area contributed by atoms with Gasteiger partial charge in [0, 0.05) is 37.0 Å². The topological polar surface area (TPSA) is 64.2 Å². The predicted molar refractivity (Wildman–Crippen MR) is 74.7 cm³/mol. The fourth-order valence-corrected chi connectivity index (χ4v) is 2.45.